The van der Waals surface area contributed by atoms with Crippen molar-refractivity contribution in [2.75, 3.05) is 0 Å². The summed E-state index contributed by atoms with van der Waals surface area (Å²) in [7, 11) is 0. The Bertz CT molecular complexity index is 323. The van der Waals surface area contributed by atoms with Gasteiger partial charge in [0.25, 0.3) is 0 Å². The molecule has 92 valence electrons. The fourth-order valence-electron chi connectivity index (χ4n) is 5.78. The lowest BCUT2D eigenvalue weighted by Gasteiger charge is -2.37. The Kier molecular flexibility index (Phi) is 2.40. The highest BCUT2D eigenvalue weighted by Crippen LogP contribution is 2.81. The van der Waals surface area contributed by atoms with Crippen molar-refractivity contribution in [2.24, 2.45) is 40.4 Å². The number of fused-ring (bicyclic) bond motifs is 1. The van der Waals surface area contributed by atoms with E-state index in [2.05, 4.69) is 55.0 Å². The highest BCUT2D eigenvalue weighted by Gasteiger charge is 2.76. The van der Waals surface area contributed by atoms with Gasteiger partial charge in [0.2, 0.25) is 0 Å². The molecular weight excluding hydrogens is 192 g/mol. The summed E-state index contributed by atoms with van der Waals surface area (Å²) in [6, 6.07) is 0. The van der Waals surface area contributed by atoms with E-state index in [1.165, 1.54) is 5.57 Å². The molecule has 0 aromatic carbocycles. The van der Waals surface area contributed by atoms with Gasteiger partial charge in [0.1, 0.15) is 0 Å². The average Bonchev–Trinajstić information content (AvgIpc) is 2.68. The van der Waals surface area contributed by atoms with Crippen LogP contribution in [0.15, 0.2) is 12.2 Å². The number of rotatable bonds is 2. The van der Waals surface area contributed by atoms with Crippen molar-refractivity contribution in [1.29, 1.82) is 0 Å². The first-order valence-electron chi connectivity index (χ1n) is 6.82. The van der Waals surface area contributed by atoms with E-state index < -0.39 is 0 Å². The summed E-state index contributed by atoms with van der Waals surface area (Å²) in [6.07, 6.45) is 0. The predicted molar refractivity (Wildman–Crippen MR) is 71.2 cm³/mol. The van der Waals surface area contributed by atoms with Crippen molar-refractivity contribution in [3.63, 3.8) is 0 Å². The Hall–Kier alpha value is -0.260. The molecule has 2 rings (SSSR count). The van der Waals surface area contributed by atoms with E-state index in [1.807, 2.05) is 0 Å². The molecule has 2 saturated carbocycles. The molecule has 0 bridgehead atoms. The molecule has 0 aromatic heterocycles. The molecule has 0 N–H and O–H groups in total. The fraction of sp³-hybridized carbons (Fsp3) is 0.875. The average molecular weight is 220 g/mol. The first-order chi connectivity index (χ1) is 7.16. The lowest BCUT2D eigenvalue weighted by atomic mass is 9.68. The smallest absolute Gasteiger partial charge is 0.0123 e. The Morgan fingerprint density at radius 2 is 1.69 bits per heavy atom. The zero-order valence-corrected chi connectivity index (χ0v) is 12.1. The maximum atomic E-state index is 4.24. The predicted octanol–water partition coefficient (Wildman–Crippen LogP) is 4.76. The minimum Gasteiger partial charge on any atom is -0.0998 e. The molecule has 5 atom stereocenters. The van der Waals surface area contributed by atoms with E-state index in [9.17, 15) is 0 Å². The zero-order chi connectivity index (χ0) is 12.5. The number of hydrogen-bond acceptors (Lipinski definition) is 0. The van der Waals surface area contributed by atoms with Gasteiger partial charge in [-0.15, -0.1) is 0 Å². The molecule has 2 aliphatic carbocycles. The van der Waals surface area contributed by atoms with Crippen LogP contribution in [0.4, 0.5) is 0 Å². The van der Waals surface area contributed by atoms with Gasteiger partial charge < -0.3 is 0 Å². The first-order valence-corrected chi connectivity index (χ1v) is 6.82. The molecule has 16 heavy (non-hydrogen) atoms. The van der Waals surface area contributed by atoms with Crippen LogP contribution < -0.4 is 0 Å². The van der Waals surface area contributed by atoms with Gasteiger partial charge in [0.15, 0.2) is 0 Å². The summed E-state index contributed by atoms with van der Waals surface area (Å²) in [5, 5.41) is 0. The van der Waals surface area contributed by atoms with E-state index in [1.54, 1.807) is 0 Å². The van der Waals surface area contributed by atoms with Crippen LogP contribution in [0.1, 0.15) is 48.5 Å². The minimum atomic E-state index is 0.453. The summed E-state index contributed by atoms with van der Waals surface area (Å²) in [4.78, 5) is 0. The summed E-state index contributed by atoms with van der Waals surface area (Å²) in [5.41, 5.74) is 2.43. The SMILES string of the molecule is C=C(C)[C@H]1[C@H](C)[C@@]2(C)[C@H]([C@@H]2C(C)C)C1(C)C. The van der Waals surface area contributed by atoms with Crippen molar-refractivity contribution < 1.29 is 0 Å². The van der Waals surface area contributed by atoms with Crippen LogP contribution in [-0.4, -0.2) is 0 Å². The van der Waals surface area contributed by atoms with Gasteiger partial charge in [-0.05, 0) is 47.3 Å². The van der Waals surface area contributed by atoms with E-state index in [-0.39, 0.29) is 0 Å². The van der Waals surface area contributed by atoms with Crippen LogP contribution in [0, 0.1) is 40.4 Å². The van der Waals surface area contributed by atoms with Crippen molar-refractivity contribution in [3.05, 3.63) is 12.2 Å². The third-order valence-electron chi connectivity index (χ3n) is 5.97. The molecule has 0 aliphatic heterocycles. The summed E-state index contributed by atoms with van der Waals surface area (Å²) < 4.78 is 0. The lowest BCUT2D eigenvalue weighted by Crippen LogP contribution is -2.30. The monoisotopic (exact) mass is 220 g/mol. The van der Waals surface area contributed by atoms with Crippen LogP contribution >= 0.6 is 0 Å². The molecule has 0 spiro atoms. The quantitative estimate of drug-likeness (QED) is 0.588. The largest absolute Gasteiger partial charge is 0.0998 e. The van der Waals surface area contributed by atoms with Crippen LogP contribution in [0.25, 0.3) is 0 Å². The van der Waals surface area contributed by atoms with Crippen LogP contribution in [-0.2, 0) is 0 Å². The van der Waals surface area contributed by atoms with Gasteiger partial charge >= 0.3 is 0 Å². The van der Waals surface area contributed by atoms with Gasteiger partial charge in [0.05, 0.1) is 0 Å². The van der Waals surface area contributed by atoms with E-state index in [4.69, 9.17) is 0 Å². The molecule has 0 unspecified atom stereocenters. The third kappa shape index (κ3) is 1.17. The summed E-state index contributed by atoms with van der Waals surface area (Å²) in [6.45, 7) is 21.2. The number of hydrogen-bond donors (Lipinski definition) is 0. The molecule has 2 fully saturated rings. The lowest BCUT2D eigenvalue weighted by molar-refractivity contribution is 0.161. The molecular formula is C16H28. The number of allylic oxidation sites excluding steroid dienone is 1. The second kappa shape index (κ2) is 3.15. The van der Waals surface area contributed by atoms with Gasteiger partial charge in [0, 0.05) is 0 Å². The van der Waals surface area contributed by atoms with E-state index >= 15 is 0 Å². The Balaban J connectivity index is 2.36. The highest BCUT2D eigenvalue weighted by atomic mass is 14.8. The standard InChI is InChI=1S/C16H28/c1-9(2)12-11(5)16(8)13(10(3)4)14(16)15(12,6)7/h10-14H,1H2,2-8H3/t11-,12-,13-,14+,16+/m0/s1. The van der Waals surface area contributed by atoms with Gasteiger partial charge in [-0.3, -0.25) is 0 Å². The molecule has 0 radical (unpaired) electrons. The maximum absolute atomic E-state index is 4.24. The second-order valence-corrected chi connectivity index (χ2v) is 7.55. The Labute approximate surface area is 102 Å². The molecule has 0 amide bonds. The fourth-order valence-corrected chi connectivity index (χ4v) is 5.78. The molecule has 2 aliphatic rings. The maximum Gasteiger partial charge on any atom is -0.0123 e. The van der Waals surface area contributed by atoms with Crippen LogP contribution in [0.2, 0.25) is 0 Å². The van der Waals surface area contributed by atoms with Crippen molar-refractivity contribution in [2.45, 2.75) is 48.5 Å². The van der Waals surface area contributed by atoms with E-state index in [0.29, 0.717) is 10.8 Å². The van der Waals surface area contributed by atoms with Crippen LogP contribution in [0.3, 0.4) is 0 Å². The highest BCUT2D eigenvalue weighted by molar-refractivity contribution is 5.28. The van der Waals surface area contributed by atoms with Gasteiger partial charge in [-0.1, -0.05) is 53.7 Å². The van der Waals surface area contributed by atoms with Gasteiger partial charge in [-0.25, -0.2) is 0 Å². The normalized spacial score (nSPS) is 49.2. The Morgan fingerprint density at radius 3 is 1.94 bits per heavy atom. The summed E-state index contributed by atoms with van der Waals surface area (Å²) >= 11 is 0. The zero-order valence-electron chi connectivity index (χ0n) is 12.1. The molecule has 0 nitrogen and oxygen atoms in total. The topological polar surface area (TPSA) is 0 Å². The van der Waals surface area contributed by atoms with Gasteiger partial charge in [-0.2, -0.15) is 0 Å². The molecule has 0 heteroatoms. The third-order valence-corrected chi connectivity index (χ3v) is 5.97. The Morgan fingerprint density at radius 1 is 1.19 bits per heavy atom. The van der Waals surface area contributed by atoms with E-state index in [0.717, 1.165) is 29.6 Å². The van der Waals surface area contributed by atoms with Crippen molar-refractivity contribution >= 4 is 0 Å². The summed E-state index contributed by atoms with van der Waals surface area (Å²) in [5.74, 6) is 4.21. The van der Waals surface area contributed by atoms with Crippen molar-refractivity contribution in [1.82, 2.24) is 0 Å². The minimum absolute atomic E-state index is 0.453. The van der Waals surface area contributed by atoms with Crippen molar-refractivity contribution in [3.8, 4) is 0 Å². The molecule has 0 aromatic rings. The first kappa shape index (κ1) is 12.2. The van der Waals surface area contributed by atoms with Crippen LogP contribution in [0.5, 0.6) is 0 Å². The second-order valence-electron chi connectivity index (χ2n) is 7.55. The molecule has 0 saturated heterocycles. The molecule has 0 heterocycles.